The molecule has 0 saturated heterocycles. The Hall–Kier alpha value is -0.900. The summed E-state index contributed by atoms with van der Waals surface area (Å²) in [7, 11) is 0. The average molecular weight is 265 g/mol. The van der Waals surface area contributed by atoms with Crippen LogP contribution in [0.2, 0.25) is 0 Å². The second kappa shape index (κ2) is 7.63. The van der Waals surface area contributed by atoms with Crippen LogP contribution in [0.25, 0.3) is 0 Å². The Kier molecular flexibility index (Phi) is 6.49. The van der Waals surface area contributed by atoms with Gasteiger partial charge in [0.15, 0.2) is 0 Å². The Labute approximate surface area is 117 Å². The Morgan fingerprint density at radius 1 is 1.16 bits per heavy atom. The van der Waals surface area contributed by atoms with Crippen molar-refractivity contribution in [2.75, 3.05) is 19.7 Å². The highest BCUT2D eigenvalue weighted by atomic mass is 16.5. The largest absolute Gasteiger partial charge is 0.389 e. The first-order valence-corrected chi connectivity index (χ1v) is 6.96. The molecule has 1 rings (SSSR count). The van der Waals surface area contributed by atoms with Crippen molar-refractivity contribution in [3.05, 3.63) is 35.9 Å². The number of hydrogen-bond acceptors (Lipinski definition) is 3. The van der Waals surface area contributed by atoms with Gasteiger partial charge in [-0.1, -0.05) is 37.3 Å². The van der Waals surface area contributed by atoms with E-state index >= 15 is 0 Å². The summed E-state index contributed by atoms with van der Waals surface area (Å²) in [6, 6.07) is 10.4. The average Bonchev–Trinajstić information content (AvgIpc) is 2.36. The summed E-state index contributed by atoms with van der Waals surface area (Å²) >= 11 is 0. The van der Waals surface area contributed by atoms with Crippen LogP contribution in [0.5, 0.6) is 0 Å². The third-order valence-corrected chi connectivity index (χ3v) is 2.91. The lowest BCUT2D eigenvalue weighted by molar-refractivity contribution is -0.0478. The Balaban J connectivity index is 2.20. The molecule has 1 aromatic carbocycles. The van der Waals surface area contributed by atoms with Crippen LogP contribution in [0.3, 0.4) is 0 Å². The summed E-state index contributed by atoms with van der Waals surface area (Å²) in [6.07, 6.45) is -0.456. The van der Waals surface area contributed by atoms with Gasteiger partial charge in [-0.2, -0.15) is 0 Å². The molecule has 2 atom stereocenters. The van der Waals surface area contributed by atoms with Gasteiger partial charge in [0.2, 0.25) is 0 Å². The minimum atomic E-state index is -0.456. The highest BCUT2D eigenvalue weighted by molar-refractivity contribution is 5.18. The van der Waals surface area contributed by atoms with Crippen LogP contribution in [0.1, 0.15) is 39.2 Å². The van der Waals surface area contributed by atoms with Crippen molar-refractivity contribution in [1.82, 2.24) is 5.32 Å². The third kappa shape index (κ3) is 7.31. The molecule has 0 aromatic heterocycles. The van der Waals surface area contributed by atoms with Gasteiger partial charge >= 0.3 is 0 Å². The highest BCUT2D eigenvalue weighted by Crippen LogP contribution is 2.13. The molecular weight excluding hydrogens is 238 g/mol. The van der Waals surface area contributed by atoms with Crippen molar-refractivity contribution in [3.63, 3.8) is 0 Å². The maximum Gasteiger partial charge on any atom is 0.0897 e. The molecule has 0 heterocycles. The second-order valence-electron chi connectivity index (χ2n) is 6.05. The van der Waals surface area contributed by atoms with Gasteiger partial charge < -0.3 is 15.2 Å². The quantitative estimate of drug-likeness (QED) is 0.796. The van der Waals surface area contributed by atoms with E-state index in [2.05, 4.69) is 36.5 Å². The number of aliphatic hydroxyl groups excluding tert-OH is 1. The topological polar surface area (TPSA) is 41.5 Å². The van der Waals surface area contributed by atoms with E-state index in [1.165, 1.54) is 5.56 Å². The first kappa shape index (κ1) is 16.2. The molecular formula is C16H27NO2. The van der Waals surface area contributed by atoms with Crippen molar-refractivity contribution in [2.45, 2.75) is 45.3 Å². The minimum Gasteiger partial charge on any atom is -0.389 e. The van der Waals surface area contributed by atoms with Crippen LogP contribution in [-0.2, 0) is 4.74 Å². The molecule has 3 nitrogen and oxygen atoms in total. The van der Waals surface area contributed by atoms with Gasteiger partial charge in [0.1, 0.15) is 0 Å². The van der Waals surface area contributed by atoms with Crippen molar-refractivity contribution < 1.29 is 9.84 Å². The smallest absolute Gasteiger partial charge is 0.0897 e. The molecule has 3 heteroatoms. The first-order chi connectivity index (χ1) is 8.88. The van der Waals surface area contributed by atoms with E-state index in [0.29, 0.717) is 19.1 Å². The van der Waals surface area contributed by atoms with Crippen molar-refractivity contribution in [3.8, 4) is 0 Å². The van der Waals surface area contributed by atoms with Crippen LogP contribution >= 0.6 is 0 Å². The zero-order chi connectivity index (χ0) is 14.3. The van der Waals surface area contributed by atoms with Gasteiger partial charge in [-0.15, -0.1) is 0 Å². The second-order valence-corrected chi connectivity index (χ2v) is 6.05. The molecule has 0 spiro atoms. The maximum absolute atomic E-state index is 9.81. The predicted octanol–water partition coefficient (Wildman–Crippen LogP) is 2.56. The van der Waals surface area contributed by atoms with Crippen molar-refractivity contribution >= 4 is 0 Å². The number of nitrogens with one attached hydrogen (secondary N) is 1. The first-order valence-electron chi connectivity index (χ1n) is 6.96. The van der Waals surface area contributed by atoms with Crippen molar-refractivity contribution in [1.29, 1.82) is 0 Å². The summed E-state index contributed by atoms with van der Waals surface area (Å²) in [5.74, 6) is 0.442. The fraction of sp³-hybridized carbons (Fsp3) is 0.625. The molecule has 19 heavy (non-hydrogen) atoms. The zero-order valence-electron chi connectivity index (χ0n) is 12.5. The van der Waals surface area contributed by atoms with E-state index in [4.69, 9.17) is 4.74 Å². The van der Waals surface area contributed by atoms with Gasteiger partial charge in [-0.05, 0) is 32.3 Å². The number of benzene rings is 1. The highest BCUT2D eigenvalue weighted by Gasteiger charge is 2.13. The number of aliphatic hydroxyl groups is 1. The van der Waals surface area contributed by atoms with Crippen LogP contribution in [0, 0.1) is 0 Å². The van der Waals surface area contributed by atoms with Crippen LogP contribution < -0.4 is 5.32 Å². The standard InChI is InChI=1S/C16H27NO2/c1-13(14-8-6-5-7-9-14)10-17-11-15(18)12-19-16(2,3)4/h5-9,13,15,17-18H,10-12H2,1-4H3. The van der Waals surface area contributed by atoms with E-state index in [9.17, 15) is 5.11 Å². The van der Waals surface area contributed by atoms with E-state index < -0.39 is 6.10 Å². The predicted molar refractivity (Wildman–Crippen MR) is 79.4 cm³/mol. The number of rotatable bonds is 7. The minimum absolute atomic E-state index is 0.196. The lowest BCUT2D eigenvalue weighted by Crippen LogP contribution is -2.35. The Morgan fingerprint density at radius 2 is 1.79 bits per heavy atom. The summed E-state index contributed by atoms with van der Waals surface area (Å²) in [5.41, 5.74) is 1.12. The summed E-state index contributed by atoms with van der Waals surface area (Å²) in [4.78, 5) is 0. The van der Waals surface area contributed by atoms with E-state index in [-0.39, 0.29) is 5.60 Å². The lowest BCUT2D eigenvalue weighted by atomic mass is 10.0. The molecule has 0 aliphatic rings. The van der Waals surface area contributed by atoms with Crippen LogP contribution in [0.4, 0.5) is 0 Å². The molecule has 0 fully saturated rings. The lowest BCUT2D eigenvalue weighted by Gasteiger charge is -2.22. The molecule has 2 unspecified atom stereocenters. The van der Waals surface area contributed by atoms with E-state index in [1.807, 2.05) is 26.8 Å². The monoisotopic (exact) mass is 265 g/mol. The maximum atomic E-state index is 9.81. The van der Waals surface area contributed by atoms with Gasteiger partial charge in [0.05, 0.1) is 18.3 Å². The molecule has 2 N–H and O–H groups in total. The zero-order valence-corrected chi connectivity index (χ0v) is 12.5. The molecule has 0 aliphatic carbocycles. The Morgan fingerprint density at radius 3 is 2.37 bits per heavy atom. The third-order valence-electron chi connectivity index (χ3n) is 2.91. The van der Waals surface area contributed by atoms with Gasteiger partial charge in [-0.25, -0.2) is 0 Å². The van der Waals surface area contributed by atoms with E-state index in [0.717, 1.165) is 6.54 Å². The molecule has 0 saturated carbocycles. The summed E-state index contributed by atoms with van der Waals surface area (Å²) in [6.45, 7) is 9.94. The molecule has 0 bridgehead atoms. The fourth-order valence-electron chi connectivity index (χ4n) is 1.77. The number of hydrogen-bond donors (Lipinski definition) is 2. The Bertz CT molecular complexity index is 346. The van der Waals surface area contributed by atoms with Gasteiger partial charge in [0.25, 0.3) is 0 Å². The molecule has 108 valence electrons. The fourth-order valence-corrected chi connectivity index (χ4v) is 1.77. The van der Waals surface area contributed by atoms with Gasteiger partial charge in [0, 0.05) is 13.1 Å². The molecule has 1 aromatic rings. The SMILES string of the molecule is CC(CNCC(O)COC(C)(C)C)c1ccccc1. The van der Waals surface area contributed by atoms with E-state index in [1.54, 1.807) is 0 Å². The molecule has 0 aliphatic heterocycles. The van der Waals surface area contributed by atoms with Crippen LogP contribution in [-0.4, -0.2) is 36.5 Å². The van der Waals surface area contributed by atoms with Crippen LogP contribution in [0.15, 0.2) is 30.3 Å². The molecule has 0 radical (unpaired) electrons. The summed E-state index contributed by atoms with van der Waals surface area (Å²) < 4.78 is 5.54. The summed E-state index contributed by atoms with van der Waals surface area (Å²) in [5, 5.41) is 13.1. The number of ether oxygens (including phenoxy) is 1. The van der Waals surface area contributed by atoms with Gasteiger partial charge in [-0.3, -0.25) is 0 Å². The normalized spacial score (nSPS) is 15.2. The molecule has 0 amide bonds. The van der Waals surface area contributed by atoms with Crippen molar-refractivity contribution in [2.24, 2.45) is 0 Å².